The summed E-state index contributed by atoms with van der Waals surface area (Å²) in [6.07, 6.45) is -0.633. The second-order valence-electron chi connectivity index (χ2n) is 7.04. The number of anilines is 1. The molecule has 0 spiro atoms. The molecule has 2 N–H and O–H groups in total. The quantitative estimate of drug-likeness (QED) is 0.716. The van der Waals surface area contributed by atoms with Crippen LogP contribution in [-0.4, -0.2) is 41.8 Å². The molecule has 1 unspecified atom stereocenters. The van der Waals surface area contributed by atoms with Gasteiger partial charge in [0.05, 0.1) is 5.69 Å². The lowest BCUT2D eigenvalue weighted by Crippen LogP contribution is -2.24. The van der Waals surface area contributed by atoms with Gasteiger partial charge in [0.1, 0.15) is 5.75 Å². The van der Waals surface area contributed by atoms with Crippen molar-refractivity contribution in [3.63, 3.8) is 0 Å². The number of methoxy groups -OCH3 is 1. The summed E-state index contributed by atoms with van der Waals surface area (Å²) in [6.45, 7) is 6.04. The Morgan fingerprint density at radius 2 is 1.93 bits per heavy atom. The van der Waals surface area contributed by atoms with E-state index in [0.717, 1.165) is 11.3 Å². The van der Waals surface area contributed by atoms with Crippen LogP contribution in [0.15, 0.2) is 29.6 Å². The second-order valence-corrected chi connectivity index (χ2v) is 7.89. The Morgan fingerprint density at radius 3 is 2.44 bits per heavy atom. The van der Waals surface area contributed by atoms with Gasteiger partial charge in [-0.2, -0.15) is 0 Å². The maximum Gasteiger partial charge on any atom is 0.333 e. The summed E-state index contributed by atoms with van der Waals surface area (Å²) in [5.74, 6) is -0.779. The van der Waals surface area contributed by atoms with Crippen LogP contribution in [0.25, 0.3) is 0 Å². The molecular weight excluding hydrogens is 368 g/mol. The monoisotopic (exact) mass is 392 g/mol. The first-order valence-corrected chi connectivity index (χ1v) is 9.30. The number of amides is 1. The number of aliphatic carboxylic acids is 1. The van der Waals surface area contributed by atoms with Gasteiger partial charge in [-0.3, -0.25) is 10.1 Å². The number of carbonyl (C=O) groups is 2. The molecule has 0 radical (unpaired) electrons. The van der Waals surface area contributed by atoms with Gasteiger partial charge >= 0.3 is 5.97 Å². The van der Waals surface area contributed by atoms with Crippen LogP contribution in [0.3, 0.4) is 0 Å². The molecule has 0 saturated heterocycles. The molecule has 1 aromatic carbocycles. The number of hydrogen-bond acceptors (Lipinski definition) is 6. The van der Waals surface area contributed by atoms with Crippen molar-refractivity contribution in [2.24, 2.45) is 0 Å². The van der Waals surface area contributed by atoms with Crippen molar-refractivity contribution >= 4 is 28.3 Å². The number of rotatable bonds is 8. The van der Waals surface area contributed by atoms with Crippen LogP contribution in [0.4, 0.5) is 5.13 Å². The summed E-state index contributed by atoms with van der Waals surface area (Å²) in [7, 11) is 1.36. The minimum absolute atomic E-state index is 0.0693. The number of aromatic nitrogens is 1. The van der Waals surface area contributed by atoms with Crippen LogP contribution in [0.1, 0.15) is 32.0 Å². The third kappa shape index (κ3) is 6.33. The summed E-state index contributed by atoms with van der Waals surface area (Å²) in [5.41, 5.74) is 1.66. The van der Waals surface area contributed by atoms with E-state index < -0.39 is 12.1 Å². The zero-order valence-electron chi connectivity index (χ0n) is 15.8. The third-order valence-corrected chi connectivity index (χ3v) is 4.55. The molecule has 2 aromatic rings. The number of benzene rings is 1. The number of nitrogens with zero attached hydrogens (tertiary/aromatic N) is 1. The molecule has 1 heterocycles. The summed E-state index contributed by atoms with van der Waals surface area (Å²) >= 11 is 1.38. The van der Waals surface area contributed by atoms with Gasteiger partial charge in [0, 0.05) is 24.3 Å². The van der Waals surface area contributed by atoms with E-state index in [1.807, 2.05) is 5.38 Å². The Hall–Kier alpha value is -2.45. The minimum atomic E-state index is -1.01. The molecule has 0 aliphatic heterocycles. The fourth-order valence-corrected chi connectivity index (χ4v) is 3.14. The molecule has 2 rings (SSSR count). The van der Waals surface area contributed by atoms with E-state index in [1.54, 1.807) is 24.3 Å². The number of carboxylic acids is 1. The highest BCUT2D eigenvalue weighted by Gasteiger charge is 2.18. The molecule has 8 heteroatoms. The van der Waals surface area contributed by atoms with Gasteiger partial charge in [0.25, 0.3) is 5.91 Å². The summed E-state index contributed by atoms with van der Waals surface area (Å²) in [5, 5.41) is 14.2. The van der Waals surface area contributed by atoms with E-state index in [9.17, 15) is 9.59 Å². The molecule has 0 fully saturated rings. The summed E-state index contributed by atoms with van der Waals surface area (Å²) < 4.78 is 10.4. The molecular formula is C19H24N2O5S. The highest BCUT2D eigenvalue weighted by atomic mass is 32.1. The van der Waals surface area contributed by atoms with Crippen LogP contribution >= 0.6 is 11.3 Å². The van der Waals surface area contributed by atoms with E-state index in [4.69, 9.17) is 14.6 Å². The largest absolute Gasteiger partial charge is 0.484 e. The Morgan fingerprint density at radius 1 is 1.26 bits per heavy atom. The molecule has 7 nitrogen and oxygen atoms in total. The van der Waals surface area contributed by atoms with Gasteiger partial charge in [-0.15, -0.1) is 11.3 Å². The standard InChI is InChI=1S/C19H24N2O5S/c1-19(2,3)15-11-27-18(20-15)21-16(22)10-26-13-7-5-12(6-8-13)9-14(25-4)17(23)24/h5-8,11,14H,9-10H2,1-4H3,(H,23,24)(H,20,21,22). The first kappa shape index (κ1) is 20.9. The molecule has 1 amide bonds. The lowest BCUT2D eigenvalue weighted by atomic mass is 9.93. The third-order valence-electron chi connectivity index (χ3n) is 3.79. The van der Waals surface area contributed by atoms with Gasteiger partial charge in [-0.05, 0) is 17.7 Å². The fourth-order valence-electron chi connectivity index (χ4n) is 2.19. The molecule has 1 aromatic heterocycles. The van der Waals surface area contributed by atoms with Gasteiger partial charge in [-0.25, -0.2) is 9.78 Å². The highest BCUT2D eigenvalue weighted by Crippen LogP contribution is 2.26. The van der Waals surface area contributed by atoms with E-state index in [1.165, 1.54) is 18.4 Å². The average Bonchev–Trinajstić information content (AvgIpc) is 3.07. The van der Waals surface area contributed by atoms with Crippen LogP contribution in [0.5, 0.6) is 5.75 Å². The fraction of sp³-hybridized carbons (Fsp3) is 0.421. The molecule has 0 saturated carbocycles. The first-order chi connectivity index (χ1) is 12.7. The Bertz CT molecular complexity index is 780. The predicted octanol–water partition coefficient (Wildman–Crippen LogP) is 3.10. The SMILES string of the molecule is COC(Cc1ccc(OCC(=O)Nc2nc(C(C)(C)C)cs2)cc1)C(=O)O. The van der Waals surface area contributed by atoms with Crippen LogP contribution in [0, 0.1) is 0 Å². The number of hydrogen-bond donors (Lipinski definition) is 2. The van der Waals surface area contributed by atoms with Crippen molar-refractivity contribution in [1.82, 2.24) is 4.98 Å². The lowest BCUT2D eigenvalue weighted by Gasteiger charge is -2.14. The zero-order chi connectivity index (χ0) is 20.0. The molecule has 27 heavy (non-hydrogen) atoms. The molecule has 146 valence electrons. The highest BCUT2D eigenvalue weighted by molar-refractivity contribution is 7.13. The first-order valence-electron chi connectivity index (χ1n) is 8.42. The number of ether oxygens (including phenoxy) is 2. The molecule has 0 bridgehead atoms. The topological polar surface area (TPSA) is 97.8 Å². The normalized spacial score (nSPS) is 12.4. The minimum Gasteiger partial charge on any atom is -0.484 e. The Labute approximate surface area is 162 Å². The van der Waals surface area contributed by atoms with Gasteiger partial charge in [-0.1, -0.05) is 32.9 Å². The van der Waals surface area contributed by atoms with Gasteiger partial charge in [0.2, 0.25) is 0 Å². The Balaban J connectivity index is 1.84. The van der Waals surface area contributed by atoms with Crippen molar-refractivity contribution in [1.29, 1.82) is 0 Å². The van der Waals surface area contributed by atoms with Crippen LogP contribution in [-0.2, 0) is 26.2 Å². The van der Waals surface area contributed by atoms with Gasteiger partial charge in [0.15, 0.2) is 17.8 Å². The molecule has 1 atom stereocenters. The number of carboxylic acid groups (broad SMARTS) is 1. The summed E-state index contributed by atoms with van der Waals surface area (Å²) in [6, 6.07) is 6.88. The van der Waals surface area contributed by atoms with Crippen molar-refractivity contribution < 1.29 is 24.2 Å². The second kappa shape index (κ2) is 8.96. The maximum atomic E-state index is 12.0. The van der Waals surface area contributed by atoms with Gasteiger partial charge < -0.3 is 14.6 Å². The number of thiazole rings is 1. The summed E-state index contributed by atoms with van der Waals surface area (Å²) in [4.78, 5) is 27.4. The molecule has 0 aliphatic rings. The zero-order valence-corrected chi connectivity index (χ0v) is 16.6. The van der Waals surface area contributed by atoms with E-state index in [0.29, 0.717) is 10.9 Å². The number of nitrogens with one attached hydrogen (secondary N) is 1. The van der Waals surface area contributed by atoms with Crippen LogP contribution < -0.4 is 10.1 Å². The number of carbonyl (C=O) groups excluding carboxylic acids is 1. The molecule has 0 aliphatic carbocycles. The van der Waals surface area contributed by atoms with Crippen molar-refractivity contribution in [3.8, 4) is 5.75 Å². The van der Waals surface area contributed by atoms with E-state index in [-0.39, 0.29) is 24.3 Å². The maximum absolute atomic E-state index is 12.0. The Kier molecular flexibility index (Phi) is 6.92. The van der Waals surface area contributed by atoms with E-state index in [2.05, 4.69) is 31.1 Å². The smallest absolute Gasteiger partial charge is 0.333 e. The van der Waals surface area contributed by atoms with Crippen molar-refractivity contribution in [2.45, 2.75) is 38.7 Å². The van der Waals surface area contributed by atoms with E-state index >= 15 is 0 Å². The lowest BCUT2D eigenvalue weighted by molar-refractivity contribution is -0.148. The van der Waals surface area contributed by atoms with Crippen LogP contribution in [0.2, 0.25) is 0 Å². The predicted molar refractivity (Wildman–Crippen MR) is 104 cm³/mol. The average molecular weight is 392 g/mol. The van der Waals surface area contributed by atoms with Crippen molar-refractivity contribution in [3.05, 3.63) is 40.9 Å². The van der Waals surface area contributed by atoms with Crippen molar-refractivity contribution in [2.75, 3.05) is 19.0 Å².